The minimum absolute atomic E-state index is 0.258. The van der Waals surface area contributed by atoms with Gasteiger partial charge in [0.05, 0.1) is 25.4 Å². The van der Waals surface area contributed by atoms with Crippen molar-refractivity contribution < 1.29 is 50.0 Å². The molecule has 1 saturated heterocycles. The summed E-state index contributed by atoms with van der Waals surface area (Å²) in [6.07, 6.45) is 54.2. The van der Waals surface area contributed by atoms with Crippen LogP contribution in [-0.2, 0) is 14.3 Å². The van der Waals surface area contributed by atoms with Gasteiger partial charge in [-0.15, -0.1) is 0 Å². The van der Waals surface area contributed by atoms with E-state index in [0.717, 1.165) is 44.9 Å². The molecule has 0 aliphatic carbocycles. The molecule has 9 atom stereocenters. The highest BCUT2D eigenvalue weighted by molar-refractivity contribution is 5.80. The third kappa shape index (κ3) is 41.8. The van der Waals surface area contributed by atoms with Crippen LogP contribution < -0.4 is 5.32 Å². The van der Waals surface area contributed by atoms with Crippen LogP contribution in [0.25, 0.3) is 0 Å². The van der Waals surface area contributed by atoms with Gasteiger partial charge in [0.25, 0.3) is 0 Å². The fourth-order valence-electron chi connectivity index (χ4n) is 11.0. The van der Waals surface area contributed by atoms with Crippen LogP contribution in [-0.4, -0.2) is 110 Å². The molecule has 0 bridgehead atoms. The molecule has 0 aromatic carbocycles. The van der Waals surface area contributed by atoms with Gasteiger partial charge >= 0.3 is 0 Å². The zero-order valence-corrected chi connectivity index (χ0v) is 49.8. The quantitative estimate of drug-likeness (QED) is 0.0215. The molecule has 1 aliphatic heterocycles. The zero-order valence-electron chi connectivity index (χ0n) is 49.8. The van der Waals surface area contributed by atoms with Crippen LogP contribution in [0.15, 0.2) is 12.2 Å². The normalized spacial score (nSPS) is 19.6. The van der Waals surface area contributed by atoms with E-state index in [1.807, 2.05) is 0 Å². The molecule has 11 heteroatoms. The molecule has 452 valence electrons. The van der Waals surface area contributed by atoms with Gasteiger partial charge in [-0.25, -0.2) is 0 Å². The summed E-state index contributed by atoms with van der Waals surface area (Å²) in [6.45, 7) is 3.51. The van der Waals surface area contributed by atoms with E-state index in [1.165, 1.54) is 244 Å². The number of hydrogen-bond acceptors (Lipinski definition) is 10. The maximum absolute atomic E-state index is 13.2. The van der Waals surface area contributed by atoms with Gasteiger partial charge in [-0.05, 0) is 38.5 Å². The Labute approximate surface area is 468 Å². The lowest BCUT2D eigenvalue weighted by atomic mass is 9.98. The molecule has 76 heavy (non-hydrogen) atoms. The van der Waals surface area contributed by atoms with Crippen LogP contribution in [0.1, 0.15) is 328 Å². The predicted octanol–water partition coefficient (Wildman–Crippen LogP) is 15.1. The third-order valence-electron chi connectivity index (χ3n) is 16.3. The van der Waals surface area contributed by atoms with Crippen molar-refractivity contribution in [2.75, 3.05) is 13.2 Å². The summed E-state index contributed by atoms with van der Waals surface area (Å²) in [5, 5.41) is 76.4. The predicted molar refractivity (Wildman–Crippen MR) is 316 cm³/mol. The van der Waals surface area contributed by atoms with Gasteiger partial charge in [0.15, 0.2) is 6.29 Å². The fourth-order valence-corrected chi connectivity index (χ4v) is 11.0. The number of amides is 1. The number of rotatable bonds is 58. The molecule has 9 unspecified atom stereocenters. The molecule has 0 spiro atoms. The summed E-state index contributed by atoms with van der Waals surface area (Å²) in [5.74, 6) is -0.694. The summed E-state index contributed by atoms with van der Waals surface area (Å²) in [7, 11) is 0. The smallest absolute Gasteiger partial charge is 0.249 e. The molecular weight excluding hydrogens is 955 g/mol. The molecule has 1 aliphatic rings. The summed E-state index contributed by atoms with van der Waals surface area (Å²) in [4.78, 5) is 13.2. The molecule has 0 aromatic rings. The minimum atomic E-state index is -1.66. The topological polar surface area (TPSA) is 189 Å². The Morgan fingerprint density at radius 1 is 0.447 bits per heavy atom. The maximum Gasteiger partial charge on any atom is 0.249 e. The highest BCUT2D eigenvalue weighted by Crippen LogP contribution is 2.24. The summed E-state index contributed by atoms with van der Waals surface area (Å²) >= 11 is 0. The van der Waals surface area contributed by atoms with Crippen molar-refractivity contribution in [3.8, 4) is 0 Å². The Kier molecular flexibility index (Phi) is 52.2. The van der Waals surface area contributed by atoms with Gasteiger partial charge in [-0.1, -0.05) is 302 Å². The Balaban J connectivity index is 2.24. The van der Waals surface area contributed by atoms with Crippen molar-refractivity contribution in [3.63, 3.8) is 0 Å². The van der Waals surface area contributed by atoms with Gasteiger partial charge in [0.1, 0.15) is 36.6 Å². The molecule has 1 amide bonds. The van der Waals surface area contributed by atoms with E-state index in [9.17, 15) is 40.5 Å². The van der Waals surface area contributed by atoms with E-state index < -0.39 is 74.2 Å². The van der Waals surface area contributed by atoms with Crippen LogP contribution in [0.2, 0.25) is 0 Å². The fraction of sp³-hybridized carbons (Fsp3) is 0.954. The molecule has 0 saturated carbocycles. The van der Waals surface area contributed by atoms with E-state index in [2.05, 4.69) is 31.3 Å². The molecule has 8 N–H and O–H groups in total. The summed E-state index contributed by atoms with van der Waals surface area (Å²) < 4.78 is 11.2. The largest absolute Gasteiger partial charge is 0.394 e. The van der Waals surface area contributed by atoms with E-state index in [4.69, 9.17) is 9.47 Å². The van der Waals surface area contributed by atoms with Crippen molar-refractivity contribution in [2.45, 2.75) is 384 Å². The minimum Gasteiger partial charge on any atom is -0.394 e. The van der Waals surface area contributed by atoms with Crippen molar-refractivity contribution in [2.24, 2.45) is 0 Å². The average Bonchev–Trinajstić information content (AvgIpc) is 3.42. The SMILES string of the molecule is CCCCCCCCCCCCCC/C=C\CCCCCCCCCC(O)C(=O)NC(COC1OC(CO)C(O)C(O)C1O)C(O)C(O)CCCCCCCCCCCCCCCCCCCCCCCCCCCC. The number of carbonyl (C=O) groups excluding carboxylic acids is 1. The lowest BCUT2D eigenvalue weighted by Gasteiger charge is -2.40. The maximum atomic E-state index is 13.2. The van der Waals surface area contributed by atoms with E-state index >= 15 is 0 Å². The number of unbranched alkanes of at least 4 members (excludes halogenated alkanes) is 44. The molecule has 1 rings (SSSR count). The van der Waals surface area contributed by atoms with Crippen LogP contribution in [0.5, 0.6) is 0 Å². The zero-order chi connectivity index (χ0) is 55.4. The van der Waals surface area contributed by atoms with Gasteiger partial charge in [-0.3, -0.25) is 4.79 Å². The number of nitrogens with one attached hydrogen (secondary N) is 1. The molecular formula is C65H127NO10. The number of aliphatic hydroxyl groups is 7. The Morgan fingerprint density at radius 2 is 0.763 bits per heavy atom. The molecule has 1 heterocycles. The number of hydrogen-bond donors (Lipinski definition) is 8. The summed E-state index contributed by atoms with van der Waals surface area (Å²) in [5.41, 5.74) is 0. The van der Waals surface area contributed by atoms with Crippen LogP contribution in [0, 0.1) is 0 Å². The second kappa shape index (κ2) is 54.4. The second-order valence-electron chi connectivity index (χ2n) is 23.5. The number of aliphatic hydroxyl groups excluding tert-OH is 7. The number of allylic oxidation sites excluding steroid dienone is 2. The van der Waals surface area contributed by atoms with Crippen LogP contribution >= 0.6 is 0 Å². The van der Waals surface area contributed by atoms with E-state index in [1.54, 1.807) is 0 Å². The monoisotopic (exact) mass is 1080 g/mol. The first-order valence-electron chi connectivity index (χ1n) is 33.1. The summed E-state index contributed by atoms with van der Waals surface area (Å²) in [6, 6.07) is -1.17. The molecule has 0 aromatic heterocycles. The standard InChI is InChI=1S/C65H127NO10/c1-3-5-7-9-11-13-15-17-19-21-23-25-27-28-29-31-32-34-36-38-40-42-44-46-48-50-52-57(68)60(70)56(55-75-65-63(73)62(72)61(71)59(54-67)76-65)66-64(74)58(69)53-51-49-47-45-43-41-39-37-35-33-30-26-24-22-20-18-16-14-12-10-8-6-4-2/h33,35,56-63,65,67-73H,3-32,34,36-55H2,1-2H3,(H,66,74)/b35-33-. The first-order chi connectivity index (χ1) is 37.2. The molecule has 0 radical (unpaired) electrons. The molecule has 11 nitrogen and oxygen atoms in total. The Bertz CT molecular complexity index is 1240. The van der Waals surface area contributed by atoms with Crippen LogP contribution in [0.4, 0.5) is 0 Å². The van der Waals surface area contributed by atoms with Gasteiger partial charge < -0.3 is 50.5 Å². The Hall–Kier alpha value is -1.15. The number of carbonyl (C=O) groups is 1. The first-order valence-corrected chi connectivity index (χ1v) is 33.1. The Morgan fingerprint density at radius 3 is 1.11 bits per heavy atom. The third-order valence-corrected chi connectivity index (χ3v) is 16.3. The highest BCUT2D eigenvalue weighted by atomic mass is 16.7. The lowest BCUT2D eigenvalue weighted by molar-refractivity contribution is -0.303. The van der Waals surface area contributed by atoms with E-state index in [0.29, 0.717) is 19.3 Å². The van der Waals surface area contributed by atoms with Gasteiger partial charge in [0.2, 0.25) is 5.91 Å². The van der Waals surface area contributed by atoms with Crippen molar-refractivity contribution >= 4 is 5.91 Å². The number of ether oxygens (including phenoxy) is 2. The van der Waals surface area contributed by atoms with Crippen molar-refractivity contribution in [3.05, 3.63) is 12.2 Å². The average molecular weight is 1080 g/mol. The van der Waals surface area contributed by atoms with Crippen molar-refractivity contribution in [1.29, 1.82) is 0 Å². The van der Waals surface area contributed by atoms with E-state index in [-0.39, 0.29) is 6.42 Å². The van der Waals surface area contributed by atoms with Crippen LogP contribution in [0.3, 0.4) is 0 Å². The second-order valence-corrected chi connectivity index (χ2v) is 23.5. The lowest BCUT2D eigenvalue weighted by Crippen LogP contribution is -2.60. The highest BCUT2D eigenvalue weighted by Gasteiger charge is 2.44. The molecule has 1 fully saturated rings. The van der Waals surface area contributed by atoms with Gasteiger partial charge in [0, 0.05) is 0 Å². The van der Waals surface area contributed by atoms with Gasteiger partial charge in [-0.2, -0.15) is 0 Å². The van der Waals surface area contributed by atoms with Crippen molar-refractivity contribution in [1.82, 2.24) is 5.32 Å². The first kappa shape index (κ1) is 72.9.